The lowest BCUT2D eigenvalue weighted by Gasteiger charge is -2.31. The topological polar surface area (TPSA) is 62.8 Å². The molecule has 0 heterocycles. The summed E-state index contributed by atoms with van der Waals surface area (Å²) in [5, 5.41) is 35.0. The fourth-order valence-corrected chi connectivity index (χ4v) is 15.2. The molecule has 15 aromatic carbocycles. The molecular weight excluding hydrogens is 1240 g/mol. The molecule has 0 aliphatic rings. The first-order valence-corrected chi connectivity index (χ1v) is 34.7. The monoisotopic (exact) mass is 1310 g/mol. The Labute approximate surface area is 597 Å². The quantitative estimate of drug-likeness (QED) is 0.0804. The van der Waals surface area contributed by atoms with E-state index in [9.17, 15) is 10.5 Å². The van der Waals surface area contributed by atoms with E-state index >= 15 is 0 Å². The maximum absolute atomic E-state index is 11.2. The van der Waals surface area contributed by atoms with Crippen LogP contribution < -0.4 is 20.2 Å². The van der Waals surface area contributed by atoms with Gasteiger partial charge in [0, 0.05) is 66.2 Å². The highest BCUT2D eigenvalue weighted by atomic mass is 15.1. The number of hydrogen-bond acceptors (Lipinski definition) is 4. The van der Waals surface area contributed by atoms with Gasteiger partial charge in [-0.15, -0.1) is 0 Å². The van der Waals surface area contributed by atoms with Gasteiger partial charge in [-0.1, -0.05) is 286 Å². The fraction of sp³-hybridized carbons (Fsp3) is 0.125. The Morgan fingerprint density at radius 1 is 0.255 bits per heavy atom. The van der Waals surface area contributed by atoms with Crippen LogP contribution in [-0.4, -0.2) is 0 Å². The highest BCUT2D eigenvalue weighted by Gasteiger charge is 2.30. The van der Waals surface area contributed by atoms with Gasteiger partial charge in [0.2, 0.25) is 0 Å². The largest absolute Gasteiger partial charge is 0.310 e. The standard InChI is InChI=1S/C96H74N6/c1-93(2,75-31-27-63-19-11-15-23-67(63)55-75)71-35-43-79(44-36-71)101(80-45-37-72(38-46-80)94(3,4)76-32-28-64-20-12-16-24-68(64)56-76)83-51-53-85-87(59-83)91(89(61-97)99-9)86-54-52-84(60-88(86)92(85)90(62-98)100-10)102(81-47-39-73(40-48-81)95(5,6)77-33-29-65-21-13-17-25-69(65)57-77)82-49-41-74(42-50-82)96(7,8)78-34-30-66-22-14-18-26-70(66)58-78/h11-60H,1-8H3/b91-89-,92-90+. The second-order valence-electron chi connectivity index (χ2n) is 29.0. The molecule has 15 aromatic rings. The third-order valence-electron chi connectivity index (χ3n) is 21.8. The molecule has 0 unspecified atom stereocenters. The smallest absolute Gasteiger partial charge is 0.270 e. The molecule has 0 spiro atoms. The average Bonchev–Trinajstić information content (AvgIpc) is 0.725. The summed E-state index contributed by atoms with van der Waals surface area (Å²) in [6, 6.07) is 112. The summed E-state index contributed by atoms with van der Waals surface area (Å²) in [5.74, 6) is 0. The summed E-state index contributed by atoms with van der Waals surface area (Å²) >= 11 is 0. The van der Waals surface area contributed by atoms with Gasteiger partial charge in [0.05, 0.1) is 25.3 Å². The van der Waals surface area contributed by atoms with Gasteiger partial charge in [-0.3, -0.25) is 0 Å². The van der Waals surface area contributed by atoms with Crippen molar-refractivity contribution in [3.63, 3.8) is 0 Å². The first-order chi connectivity index (χ1) is 49.4. The van der Waals surface area contributed by atoms with E-state index in [1.54, 1.807) is 0 Å². The van der Waals surface area contributed by atoms with Crippen molar-refractivity contribution in [1.29, 1.82) is 10.5 Å². The van der Waals surface area contributed by atoms with Crippen LogP contribution in [0.4, 0.5) is 34.1 Å². The van der Waals surface area contributed by atoms with Crippen molar-refractivity contribution in [3.05, 3.63) is 381 Å². The molecule has 0 amide bonds. The van der Waals surface area contributed by atoms with Gasteiger partial charge in [-0.05, 0) is 182 Å². The van der Waals surface area contributed by atoms with Gasteiger partial charge in [-0.2, -0.15) is 0 Å². The molecule has 0 atom stereocenters. The molecule has 15 rings (SSSR count). The Balaban J connectivity index is 0.896. The minimum atomic E-state index is -0.349. The van der Waals surface area contributed by atoms with Crippen LogP contribution in [0.3, 0.4) is 0 Å². The van der Waals surface area contributed by atoms with Gasteiger partial charge in [-0.25, -0.2) is 20.2 Å². The SMILES string of the molecule is [C-]#[N+]/C(C#N)=c1\c2cc(N(c3ccc(C(C)(C)c4ccc5ccccc5c4)cc3)c3ccc(C(C)(C)c4ccc5ccccc5c4)cc3)ccc2/c(=C(/C#N)[N+]#[C-])c2cc(N(c3ccc(C(C)(C)c4ccc5ccccc5c4)cc3)c3ccc(C(C)(C)c4ccc5ccccc5c4)cc3)ccc12. The van der Waals surface area contributed by atoms with Gasteiger partial charge in [0.25, 0.3) is 11.4 Å². The van der Waals surface area contributed by atoms with Crippen molar-refractivity contribution in [2.24, 2.45) is 0 Å². The average molecular weight is 1310 g/mol. The summed E-state index contributed by atoms with van der Waals surface area (Å²) < 4.78 is 0. The van der Waals surface area contributed by atoms with Gasteiger partial charge >= 0.3 is 0 Å². The maximum atomic E-state index is 11.2. The van der Waals surface area contributed by atoms with Crippen LogP contribution in [0.25, 0.3) is 85.7 Å². The molecule has 0 fully saturated rings. The van der Waals surface area contributed by atoms with Crippen LogP contribution in [0, 0.1) is 35.8 Å². The summed E-state index contributed by atoms with van der Waals surface area (Å²) in [6.45, 7) is 35.5. The normalized spacial score (nSPS) is 12.6. The highest BCUT2D eigenvalue weighted by molar-refractivity contribution is 6.07. The second-order valence-corrected chi connectivity index (χ2v) is 29.0. The van der Waals surface area contributed by atoms with E-state index in [0.29, 0.717) is 32.0 Å². The molecule has 0 radical (unpaired) electrons. The summed E-state index contributed by atoms with van der Waals surface area (Å²) in [6.07, 6.45) is 0. The number of benzene rings is 15. The molecule has 0 N–H and O–H groups in total. The highest BCUT2D eigenvalue weighted by Crippen LogP contribution is 2.45. The number of hydrogen-bond donors (Lipinski definition) is 0. The van der Waals surface area contributed by atoms with Crippen molar-refractivity contribution in [3.8, 4) is 12.1 Å². The van der Waals surface area contributed by atoms with Crippen LogP contribution in [0.15, 0.2) is 303 Å². The lowest BCUT2D eigenvalue weighted by atomic mass is 9.77. The Bertz CT molecular complexity index is 5480. The number of nitriles is 2. The van der Waals surface area contributed by atoms with Crippen LogP contribution in [0.1, 0.15) is 99.9 Å². The lowest BCUT2D eigenvalue weighted by Crippen LogP contribution is -2.21. The summed E-state index contributed by atoms with van der Waals surface area (Å²) in [4.78, 5) is 12.3. The van der Waals surface area contributed by atoms with E-state index in [2.05, 4.69) is 354 Å². The van der Waals surface area contributed by atoms with Gasteiger partial charge in [0.1, 0.15) is 0 Å². The molecule has 6 heteroatoms. The van der Waals surface area contributed by atoms with E-state index in [1.807, 2.05) is 36.4 Å². The first kappa shape index (κ1) is 65.1. The van der Waals surface area contributed by atoms with E-state index in [0.717, 1.165) is 56.4 Å². The van der Waals surface area contributed by atoms with Crippen LogP contribution in [0.5, 0.6) is 0 Å². The van der Waals surface area contributed by atoms with Crippen molar-refractivity contribution in [1.82, 2.24) is 0 Å². The molecular formula is C96H74N6. The number of anilines is 6. The molecule has 0 aliphatic carbocycles. The Kier molecular flexibility index (Phi) is 16.5. The Morgan fingerprint density at radius 3 is 0.696 bits per heavy atom. The molecule has 488 valence electrons. The molecule has 0 saturated heterocycles. The zero-order valence-electron chi connectivity index (χ0n) is 58.6. The second kappa shape index (κ2) is 25.8. The predicted octanol–water partition coefficient (Wildman–Crippen LogP) is 24.0. The van der Waals surface area contributed by atoms with Crippen molar-refractivity contribution in [2.45, 2.75) is 77.0 Å². The van der Waals surface area contributed by atoms with E-state index in [1.165, 1.54) is 65.3 Å². The molecule has 0 bridgehead atoms. The number of rotatable bonds is 14. The minimum absolute atomic E-state index is 0.110. The minimum Gasteiger partial charge on any atom is -0.310 e. The lowest BCUT2D eigenvalue weighted by molar-refractivity contribution is 0.641. The fourth-order valence-electron chi connectivity index (χ4n) is 15.2. The zero-order chi connectivity index (χ0) is 70.7. The molecule has 0 aliphatic heterocycles. The Morgan fingerprint density at radius 2 is 0.471 bits per heavy atom. The van der Waals surface area contributed by atoms with Crippen LogP contribution in [0.2, 0.25) is 0 Å². The predicted molar refractivity (Wildman–Crippen MR) is 426 cm³/mol. The van der Waals surface area contributed by atoms with Crippen LogP contribution in [-0.2, 0) is 21.7 Å². The van der Waals surface area contributed by atoms with Gasteiger partial charge < -0.3 is 9.80 Å². The number of fused-ring (bicyclic) bond motifs is 6. The molecule has 102 heavy (non-hydrogen) atoms. The molecule has 0 aromatic heterocycles. The van der Waals surface area contributed by atoms with Gasteiger partial charge in [0.15, 0.2) is 0 Å². The number of nitrogens with zero attached hydrogens (tertiary/aromatic N) is 6. The maximum Gasteiger partial charge on any atom is 0.270 e. The summed E-state index contributed by atoms with van der Waals surface area (Å²) in [7, 11) is 0. The molecule has 6 nitrogen and oxygen atoms in total. The first-order valence-electron chi connectivity index (χ1n) is 34.7. The van der Waals surface area contributed by atoms with Crippen LogP contribution >= 0.6 is 0 Å². The summed E-state index contributed by atoms with van der Waals surface area (Å²) in [5.41, 5.74) is 12.8. The van der Waals surface area contributed by atoms with E-state index in [4.69, 9.17) is 13.1 Å². The van der Waals surface area contributed by atoms with E-state index < -0.39 is 0 Å². The van der Waals surface area contributed by atoms with Crippen molar-refractivity contribution in [2.75, 3.05) is 9.80 Å². The molecule has 0 saturated carbocycles. The zero-order valence-corrected chi connectivity index (χ0v) is 58.6. The Hall–Kier alpha value is -12.8. The third kappa shape index (κ3) is 11.5. The third-order valence-corrected chi connectivity index (χ3v) is 21.8. The van der Waals surface area contributed by atoms with Crippen molar-refractivity contribution < 1.29 is 0 Å². The van der Waals surface area contributed by atoms with Crippen molar-refractivity contribution >= 4 is 110 Å². The van der Waals surface area contributed by atoms with E-state index in [-0.39, 0.29) is 33.1 Å².